The molecule has 0 aliphatic heterocycles. The number of nitrogens with zero attached hydrogens (tertiary/aromatic N) is 5. The van der Waals surface area contributed by atoms with Crippen molar-refractivity contribution in [1.82, 2.24) is 19.7 Å². The zero-order valence-electron chi connectivity index (χ0n) is 12.0. The van der Waals surface area contributed by atoms with Crippen LogP contribution in [0.15, 0.2) is 11.7 Å². The molecule has 0 radical (unpaired) electrons. The lowest BCUT2D eigenvalue weighted by molar-refractivity contribution is -0.148. The van der Waals surface area contributed by atoms with Gasteiger partial charge in [-0.1, -0.05) is 0 Å². The third kappa shape index (κ3) is 3.53. The molecule has 0 aliphatic rings. The van der Waals surface area contributed by atoms with E-state index in [0.717, 1.165) is 5.69 Å². The van der Waals surface area contributed by atoms with Crippen molar-refractivity contribution in [3.63, 3.8) is 0 Å². The van der Waals surface area contributed by atoms with Gasteiger partial charge in [0.2, 0.25) is 0 Å². The molecule has 2 aromatic heterocycles. The summed E-state index contributed by atoms with van der Waals surface area (Å²) in [6, 6.07) is 1.77. The van der Waals surface area contributed by atoms with E-state index >= 15 is 0 Å². The lowest BCUT2D eigenvalue weighted by Crippen LogP contribution is -2.27. The molecule has 0 aromatic carbocycles. The van der Waals surface area contributed by atoms with E-state index in [0.29, 0.717) is 5.01 Å². The number of aryl methyl sites for hydroxylation is 1. The molecule has 9 heteroatoms. The average Bonchev–Trinajstić information content (AvgIpc) is 3.08. The largest absolute Gasteiger partial charge is 0.465 e. The Balaban J connectivity index is 2.22. The van der Waals surface area contributed by atoms with Crippen LogP contribution in [0.25, 0.3) is 0 Å². The summed E-state index contributed by atoms with van der Waals surface area (Å²) in [6.07, 6.45) is 1.27. The highest BCUT2D eigenvalue weighted by atomic mass is 32.1. The maximum absolute atomic E-state index is 12.4. The second-order valence-electron chi connectivity index (χ2n) is 4.36. The normalized spacial score (nSPS) is 11.7. The molecular weight excluding hydrogens is 306 g/mol. The highest BCUT2D eigenvalue weighted by Crippen LogP contribution is 2.23. The summed E-state index contributed by atoms with van der Waals surface area (Å²) in [5.74, 6) is -2.18. The zero-order chi connectivity index (χ0) is 16.1. The Hall–Kier alpha value is -2.60. The van der Waals surface area contributed by atoms with E-state index in [9.17, 15) is 9.59 Å². The lowest BCUT2D eigenvalue weighted by Gasteiger charge is -2.12. The molecule has 0 aliphatic carbocycles. The quantitative estimate of drug-likeness (QED) is 0.572. The highest BCUT2D eigenvalue weighted by molar-refractivity contribution is 7.10. The topological polar surface area (TPSA) is 111 Å². The van der Waals surface area contributed by atoms with Crippen LogP contribution in [0.2, 0.25) is 0 Å². The predicted octanol–water partition coefficient (Wildman–Crippen LogP) is 0.831. The summed E-state index contributed by atoms with van der Waals surface area (Å²) in [7, 11) is 0. The molecule has 0 saturated carbocycles. The molecule has 22 heavy (non-hydrogen) atoms. The van der Waals surface area contributed by atoms with Crippen LogP contribution in [0.1, 0.15) is 29.4 Å². The summed E-state index contributed by atoms with van der Waals surface area (Å²) < 4.78 is 6.18. The van der Waals surface area contributed by atoms with Gasteiger partial charge < -0.3 is 4.74 Å². The fourth-order valence-corrected chi connectivity index (χ4v) is 2.68. The first kappa shape index (κ1) is 15.8. The molecule has 0 unspecified atom stereocenters. The fourth-order valence-electron chi connectivity index (χ4n) is 1.77. The molecule has 0 amide bonds. The third-order valence-corrected chi connectivity index (χ3v) is 3.71. The first-order valence-corrected chi connectivity index (χ1v) is 7.34. The van der Waals surface area contributed by atoms with Crippen molar-refractivity contribution in [1.29, 1.82) is 5.26 Å². The van der Waals surface area contributed by atoms with Gasteiger partial charge >= 0.3 is 5.97 Å². The summed E-state index contributed by atoms with van der Waals surface area (Å²) in [4.78, 5) is 32.4. The number of nitriles is 1. The maximum atomic E-state index is 12.4. The molecule has 0 fully saturated rings. The van der Waals surface area contributed by atoms with Gasteiger partial charge in [-0.3, -0.25) is 9.59 Å². The van der Waals surface area contributed by atoms with E-state index in [1.165, 1.54) is 22.3 Å². The van der Waals surface area contributed by atoms with Crippen molar-refractivity contribution in [2.75, 3.05) is 6.61 Å². The number of hydrogen-bond donors (Lipinski definition) is 0. The fraction of sp³-hybridized carbons (Fsp3) is 0.385. The Morgan fingerprint density at radius 2 is 2.32 bits per heavy atom. The van der Waals surface area contributed by atoms with Crippen LogP contribution in [0.3, 0.4) is 0 Å². The van der Waals surface area contributed by atoms with Crippen LogP contribution >= 0.6 is 11.3 Å². The monoisotopic (exact) mass is 319 g/mol. The Kier molecular flexibility index (Phi) is 4.95. The van der Waals surface area contributed by atoms with Gasteiger partial charge in [-0.25, -0.2) is 14.6 Å². The number of carbonyl (C=O) groups excluding carboxylic acids is 2. The maximum Gasteiger partial charge on any atom is 0.323 e. The molecule has 8 nitrogen and oxygen atoms in total. The lowest BCUT2D eigenvalue weighted by atomic mass is 10.1. The predicted molar refractivity (Wildman–Crippen MR) is 76.0 cm³/mol. The molecule has 2 heterocycles. The van der Waals surface area contributed by atoms with E-state index in [-0.39, 0.29) is 19.0 Å². The molecule has 114 valence electrons. The van der Waals surface area contributed by atoms with Crippen LogP contribution in [-0.4, -0.2) is 38.1 Å². The van der Waals surface area contributed by atoms with Crippen molar-refractivity contribution in [3.05, 3.63) is 28.2 Å². The van der Waals surface area contributed by atoms with Gasteiger partial charge in [0.05, 0.1) is 6.61 Å². The van der Waals surface area contributed by atoms with Crippen molar-refractivity contribution >= 4 is 23.1 Å². The van der Waals surface area contributed by atoms with Crippen LogP contribution in [-0.2, 0) is 20.9 Å². The number of hydrogen-bond acceptors (Lipinski definition) is 8. The number of aromatic nitrogens is 4. The molecule has 1 atom stereocenters. The number of ether oxygens (including phenoxy) is 1. The molecule has 0 saturated heterocycles. The van der Waals surface area contributed by atoms with Crippen LogP contribution in [0, 0.1) is 18.3 Å². The van der Waals surface area contributed by atoms with Gasteiger partial charge in [0.15, 0.2) is 11.7 Å². The number of thiazole rings is 1. The van der Waals surface area contributed by atoms with E-state index in [1.54, 1.807) is 25.3 Å². The number of ketones is 1. The molecule has 0 spiro atoms. The number of Topliss-reactive ketones (excluding diaryl/α,β-unsaturated/α-hetero) is 1. The standard InChI is InChI=1S/C13H13N5O3S/c1-3-21-13(20)11(12-16-8(2)6-22-12)9(19)5-18-7-15-10(4-14)17-18/h6-7,11H,3,5H2,1-2H3/t11-/m1/s1. The third-order valence-electron chi connectivity index (χ3n) is 2.68. The van der Waals surface area contributed by atoms with E-state index in [1.807, 2.05) is 0 Å². The minimum Gasteiger partial charge on any atom is -0.465 e. The molecule has 0 N–H and O–H groups in total. The molecule has 2 aromatic rings. The van der Waals surface area contributed by atoms with Crippen molar-refractivity contribution in [3.8, 4) is 6.07 Å². The van der Waals surface area contributed by atoms with Gasteiger partial charge in [0.25, 0.3) is 5.82 Å². The van der Waals surface area contributed by atoms with Crippen LogP contribution in [0.5, 0.6) is 0 Å². The first-order chi connectivity index (χ1) is 10.5. The van der Waals surface area contributed by atoms with Crippen LogP contribution < -0.4 is 0 Å². The SMILES string of the molecule is CCOC(=O)[C@H](C(=O)Cn1cnc(C#N)n1)c1nc(C)cs1. The molecular formula is C13H13N5O3S. The second-order valence-corrected chi connectivity index (χ2v) is 5.25. The van der Waals surface area contributed by atoms with Gasteiger partial charge in [-0.2, -0.15) is 5.26 Å². The van der Waals surface area contributed by atoms with Gasteiger partial charge in [-0.15, -0.1) is 16.4 Å². The number of esters is 1. The van der Waals surface area contributed by atoms with Crippen LogP contribution in [0.4, 0.5) is 0 Å². The van der Waals surface area contributed by atoms with E-state index < -0.39 is 17.7 Å². The summed E-state index contributed by atoms with van der Waals surface area (Å²) in [6.45, 7) is 3.44. The second kappa shape index (κ2) is 6.91. The Morgan fingerprint density at radius 1 is 1.55 bits per heavy atom. The molecule has 2 rings (SSSR count). The van der Waals surface area contributed by atoms with Crippen molar-refractivity contribution < 1.29 is 14.3 Å². The van der Waals surface area contributed by atoms with E-state index in [4.69, 9.17) is 10.00 Å². The highest BCUT2D eigenvalue weighted by Gasteiger charge is 2.32. The summed E-state index contributed by atoms with van der Waals surface area (Å²) in [5.41, 5.74) is 0.731. The minimum absolute atomic E-state index is 0.0365. The van der Waals surface area contributed by atoms with Gasteiger partial charge in [0, 0.05) is 11.1 Å². The Labute approximate surface area is 130 Å². The summed E-state index contributed by atoms with van der Waals surface area (Å²) >= 11 is 1.23. The van der Waals surface area contributed by atoms with Crippen molar-refractivity contribution in [2.45, 2.75) is 26.3 Å². The first-order valence-electron chi connectivity index (χ1n) is 6.46. The Bertz CT molecular complexity index is 730. The van der Waals surface area contributed by atoms with Crippen molar-refractivity contribution in [2.24, 2.45) is 0 Å². The molecule has 0 bridgehead atoms. The smallest absolute Gasteiger partial charge is 0.323 e. The average molecular weight is 319 g/mol. The van der Waals surface area contributed by atoms with E-state index in [2.05, 4.69) is 15.1 Å². The minimum atomic E-state index is -1.09. The van der Waals surface area contributed by atoms with Gasteiger partial charge in [0.1, 0.15) is 23.9 Å². The zero-order valence-corrected chi connectivity index (χ0v) is 12.8. The number of rotatable bonds is 6. The number of carbonyl (C=O) groups is 2. The Morgan fingerprint density at radius 3 is 2.86 bits per heavy atom. The summed E-state index contributed by atoms with van der Waals surface area (Å²) in [5, 5.41) is 14.6. The van der Waals surface area contributed by atoms with Gasteiger partial charge in [-0.05, 0) is 13.8 Å².